The van der Waals surface area contributed by atoms with Crippen LogP contribution in [0.3, 0.4) is 0 Å². The molecule has 3 heterocycles. The van der Waals surface area contributed by atoms with Gasteiger partial charge in [-0.3, -0.25) is 9.69 Å². The summed E-state index contributed by atoms with van der Waals surface area (Å²) in [4.78, 5) is 19.3. The number of rotatable bonds is 4. The van der Waals surface area contributed by atoms with E-state index in [9.17, 15) is 4.79 Å². The van der Waals surface area contributed by atoms with Crippen molar-refractivity contribution in [1.82, 2.24) is 24.8 Å². The Labute approximate surface area is 163 Å². The molecule has 0 saturated carbocycles. The van der Waals surface area contributed by atoms with Gasteiger partial charge in [0.15, 0.2) is 11.3 Å². The van der Waals surface area contributed by atoms with Gasteiger partial charge in [0.2, 0.25) is 0 Å². The summed E-state index contributed by atoms with van der Waals surface area (Å²) < 4.78 is 1.55. The lowest BCUT2D eigenvalue weighted by atomic mass is 10.00. The lowest BCUT2D eigenvalue weighted by molar-refractivity contribution is 0.0922. The average Bonchev–Trinajstić information content (AvgIpc) is 2.97. The van der Waals surface area contributed by atoms with E-state index >= 15 is 0 Å². The third-order valence-corrected chi connectivity index (χ3v) is 5.23. The SMILES string of the molecule is Cc1cnc2c(Cl)c(C(=O)N[C@H](C)CN3CCc4ccccc4C3)nn2c1. The van der Waals surface area contributed by atoms with Crippen LogP contribution in [-0.4, -0.2) is 44.5 Å². The second-order valence-electron chi connectivity index (χ2n) is 7.19. The molecule has 1 aromatic carbocycles. The Balaban J connectivity index is 1.42. The van der Waals surface area contributed by atoms with Gasteiger partial charge in [0.05, 0.1) is 0 Å². The van der Waals surface area contributed by atoms with Gasteiger partial charge in [-0.05, 0) is 37.0 Å². The van der Waals surface area contributed by atoms with Crippen molar-refractivity contribution in [1.29, 1.82) is 0 Å². The van der Waals surface area contributed by atoms with Crippen molar-refractivity contribution in [3.05, 3.63) is 64.1 Å². The number of amides is 1. The number of nitrogens with one attached hydrogen (secondary N) is 1. The number of carbonyl (C=O) groups excluding carboxylic acids is 1. The monoisotopic (exact) mass is 383 g/mol. The number of fused-ring (bicyclic) bond motifs is 2. The molecule has 0 radical (unpaired) electrons. The van der Waals surface area contributed by atoms with Gasteiger partial charge >= 0.3 is 0 Å². The van der Waals surface area contributed by atoms with E-state index in [1.807, 2.05) is 13.8 Å². The Morgan fingerprint density at radius 1 is 1.33 bits per heavy atom. The molecule has 1 N–H and O–H groups in total. The van der Waals surface area contributed by atoms with E-state index in [2.05, 4.69) is 44.6 Å². The van der Waals surface area contributed by atoms with E-state index in [-0.39, 0.29) is 22.7 Å². The fourth-order valence-corrected chi connectivity index (χ4v) is 3.84. The average molecular weight is 384 g/mol. The smallest absolute Gasteiger partial charge is 0.273 e. The molecule has 0 bridgehead atoms. The summed E-state index contributed by atoms with van der Waals surface area (Å²) in [5.74, 6) is -0.270. The normalized spacial score (nSPS) is 15.5. The highest BCUT2D eigenvalue weighted by Gasteiger charge is 2.22. The highest BCUT2D eigenvalue weighted by atomic mass is 35.5. The van der Waals surface area contributed by atoms with Crippen LogP contribution in [-0.2, 0) is 13.0 Å². The third kappa shape index (κ3) is 3.68. The van der Waals surface area contributed by atoms with E-state index in [4.69, 9.17) is 11.6 Å². The summed E-state index contributed by atoms with van der Waals surface area (Å²) in [6.07, 6.45) is 4.56. The van der Waals surface area contributed by atoms with Gasteiger partial charge in [-0.2, -0.15) is 5.10 Å². The molecule has 0 aliphatic carbocycles. The number of aryl methyl sites for hydroxylation is 1. The summed E-state index contributed by atoms with van der Waals surface area (Å²) in [7, 11) is 0. The molecule has 2 aromatic heterocycles. The Morgan fingerprint density at radius 3 is 2.93 bits per heavy atom. The molecule has 1 atom stereocenters. The van der Waals surface area contributed by atoms with Crippen molar-refractivity contribution >= 4 is 23.2 Å². The Kier molecular flexibility index (Phi) is 4.85. The van der Waals surface area contributed by atoms with Crippen molar-refractivity contribution < 1.29 is 4.79 Å². The van der Waals surface area contributed by atoms with Crippen LogP contribution < -0.4 is 5.32 Å². The molecule has 1 amide bonds. The van der Waals surface area contributed by atoms with Crippen LogP contribution in [0.15, 0.2) is 36.7 Å². The van der Waals surface area contributed by atoms with Gasteiger partial charge in [-0.1, -0.05) is 35.9 Å². The van der Waals surface area contributed by atoms with E-state index in [0.717, 1.165) is 31.6 Å². The molecular weight excluding hydrogens is 362 g/mol. The summed E-state index contributed by atoms with van der Waals surface area (Å²) in [5, 5.41) is 7.60. The fourth-order valence-electron chi connectivity index (χ4n) is 3.58. The summed E-state index contributed by atoms with van der Waals surface area (Å²) >= 11 is 6.32. The first-order chi connectivity index (χ1) is 13.0. The van der Waals surface area contributed by atoms with Crippen molar-refractivity contribution in [3.63, 3.8) is 0 Å². The molecule has 1 aliphatic rings. The maximum absolute atomic E-state index is 12.7. The first-order valence-electron chi connectivity index (χ1n) is 9.12. The summed E-state index contributed by atoms with van der Waals surface area (Å²) in [6.45, 7) is 6.61. The van der Waals surface area contributed by atoms with Gasteiger partial charge in [0.1, 0.15) is 5.02 Å². The predicted octanol–water partition coefficient (Wildman–Crippen LogP) is 2.87. The number of carbonyl (C=O) groups is 1. The van der Waals surface area contributed by atoms with Gasteiger partial charge in [0.25, 0.3) is 5.91 Å². The molecule has 4 rings (SSSR count). The first kappa shape index (κ1) is 17.9. The Morgan fingerprint density at radius 2 is 2.11 bits per heavy atom. The molecule has 140 valence electrons. The van der Waals surface area contributed by atoms with Gasteiger partial charge in [-0.15, -0.1) is 0 Å². The lowest BCUT2D eigenvalue weighted by Crippen LogP contribution is -2.43. The third-order valence-electron chi connectivity index (χ3n) is 4.88. The Hall–Kier alpha value is -2.44. The van der Waals surface area contributed by atoms with Gasteiger partial charge in [-0.25, -0.2) is 9.50 Å². The van der Waals surface area contributed by atoms with Crippen molar-refractivity contribution in [2.75, 3.05) is 13.1 Å². The second-order valence-corrected chi connectivity index (χ2v) is 7.57. The van der Waals surface area contributed by atoms with Crippen LogP contribution in [0.4, 0.5) is 0 Å². The molecule has 0 spiro atoms. The quantitative estimate of drug-likeness (QED) is 0.752. The van der Waals surface area contributed by atoms with Gasteiger partial charge in [0, 0.05) is 38.1 Å². The molecule has 1 aliphatic heterocycles. The number of nitrogens with zero attached hydrogens (tertiary/aromatic N) is 4. The summed E-state index contributed by atoms with van der Waals surface area (Å²) in [6, 6.07) is 8.52. The van der Waals surface area contributed by atoms with Crippen molar-refractivity contribution in [2.45, 2.75) is 32.9 Å². The number of hydrogen-bond donors (Lipinski definition) is 1. The second kappa shape index (κ2) is 7.29. The Bertz CT molecular complexity index is 999. The number of halogens is 1. The van der Waals surface area contributed by atoms with E-state index in [0.29, 0.717) is 5.65 Å². The highest BCUT2D eigenvalue weighted by Crippen LogP contribution is 2.21. The van der Waals surface area contributed by atoms with Crippen LogP contribution in [0, 0.1) is 6.92 Å². The fraction of sp³-hybridized carbons (Fsp3) is 0.350. The number of hydrogen-bond acceptors (Lipinski definition) is 4. The molecular formula is C20H22ClN5O. The van der Waals surface area contributed by atoms with Crippen LogP contribution in [0.1, 0.15) is 34.1 Å². The molecule has 0 unspecified atom stereocenters. The lowest BCUT2D eigenvalue weighted by Gasteiger charge is -2.31. The minimum Gasteiger partial charge on any atom is -0.347 e. The number of aromatic nitrogens is 3. The minimum atomic E-state index is -0.270. The summed E-state index contributed by atoms with van der Waals surface area (Å²) in [5.41, 5.74) is 4.45. The zero-order chi connectivity index (χ0) is 19.0. The molecule has 0 saturated heterocycles. The van der Waals surface area contributed by atoms with Crippen LogP contribution >= 0.6 is 11.6 Å². The topological polar surface area (TPSA) is 62.5 Å². The molecule has 3 aromatic rings. The van der Waals surface area contributed by atoms with E-state index < -0.39 is 0 Å². The molecule has 27 heavy (non-hydrogen) atoms. The van der Waals surface area contributed by atoms with Crippen LogP contribution in [0.2, 0.25) is 5.02 Å². The van der Waals surface area contributed by atoms with Crippen molar-refractivity contribution in [2.24, 2.45) is 0 Å². The molecule has 0 fully saturated rings. The van der Waals surface area contributed by atoms with E-state index in [1.165, 1.54) is 11.1 Å². The zero-order valence-corrected chi connectivity index (χ0v) is 16.2. The highest BCUT2D eigenvalue weighted by molar-refractivity contribution is 6.36. The zero-order valence-electron chi connectivity index (χ0n) is 15.4. The largest absolute Gasteiger partial charge is 0.347 e. The maximum atomic E-state index is 12.7. The minimum absolute atomic E-state index is 0.0154. The molecule has 7 heteroatoms. The number of benzene rings is 1. The predicted molar refractivity (Wildman–Crippen MR) is 105 cm³/mol. The van der Waals surface area contributed by atoms with Gasteiger partial charge < -0.3 is 5.32 Å². The van der Waals surface area contributed by atoms with E-state index in [1.54, 1.807) is 16.9 Å². The van der Waals surface area contributed by atoms with Crippen molar-refractivity contribution in [3.8, 4) is 0 Å². The first-order valence-corrected chi connectivity index (χ1v) is 9.49. The maximum Gasteiger partial charge on any atom is 0.273 e. The van der Waals surface area contributed by atoms with Crippen LogP contribution in [0.5, 0.6) is 0 Å². The molecule has 6 nitrogen and oxygen atoms in total. The standard InChI is InChI=1S/C20H22ClN5O/c1-13-9-22-19-17(21)18(24-26(19)10-13)20(27)23-14(2)11-25-8-7-15-5-3-4-6-16(15)12-25/h3-6,9-10,14H,7-8,11-12H2,1-2H3,(H,23,27)/t14-/m1/s1. The van der Waals surface area contributed by atoms with Crippen LogP contribution in [0.25, 0.3) is 5.65 Å².